The molecule has 0 aromatic heterocycles. The van der Waals surface area contributed by atoms with E-state index in [0.717, 1.165) is 13.8 Å². The zero-order valence-electron chi connectivity index (χ0n) is 12.5. The van der Waals surface area contributed by atoms with Crippen molar-refractivity contribution in [1.29, 1.82) is 0 Å². The molecule has 0 saturated carbocycles. The summed E-state index contributed by atoms with van der Waals surface area (Å²) < 4.78 is 9.60. The molecule has 6 nitrogen and oxygen atoms in total. The summed E-state index contributed by atoms with van der Waals surface area (Å²) in [5, 5.41) is 0. The van der Waals surface area contributed by atoms with Gasteiger partial charge >= 0.3 is 24.1 Å². The van der Waals surface area contributed by atoms with Crippen LogP contribution in [-0.4, -0.2) is 30.2 Å². The van der Waals surface area contributed by atoms with Crippen molar-refractivity contribution in [3.8, 4) is 0 Å². The maximum absolute atomic E-state index is 12.5. The number of carbonyl (C=O) groups is 3. The molecule has 1 aromatic carbocycles. The minimum absolute atomic E-state index is 0.200. The van der Waals surface area contributed by atoms with Crippen LogP contribution in [0.3, 0.4) is 0 Å². The number of rotatable bonds is 5. The molecule has 0 spiro atoms. The second-order valence-electron chi connectivity index (χ2n) is 4.69. The molecular formula is C15H19NO5. The minimum atomic E-state index is -1.58. The van der Waals surface area contributed by atoms with Gasteiger partial charge in [-0.1, -0.05) is 18.2 Å². The molecule has 0 aliphatic carbocycles. The Bertz CT molecular complexity index is 496. The highest BCUT2D eigenvalue weighted by molar-refractivity contribution is 5.98. The fourth-order valence-corrected chi connectivity index (χ4v) is 1.81. The Balaban J connectivity index is 3.07. The fraction of sp³-hybridized carbons (Fsp3) is 0.400. The molecule has 21 heavy (non-hydrogen) atoms. The second-order valence-corrected chi connectivity index (χ2v) is 4.69. The van der Waals surface area contributed by atoms with Gasteiger partial charge in [0.2, 0.25) is 0 Å². The molecule has 114 valence electrons. The highest BCUT2D eigenvalue weighted by atomic mass is 16.7. The van der Waals surface area contributed by atoms with Gasteiger partial charge in [0.25, 0.3) is 0 Å². The summed E-state index contributed by atoms with van der Waals surface area (Å²) >= 11 is 0. The molecule has 0 N–H and O–H groups in total. The molecule has 6 heteroatoms. The van der Waals surface area contributed by atoms with Crippen LogP contribution in [-0.2, 0) is 23.9 Å². The van der Waals surface area contributed by atoms with Crippen LogP contribution in [0.25, 0.3) is 0 Å². The van der Waals surface area contributed by atoms with E-state index in [1.807, 2.05) is 19.9 Å². The summed E-state index contributed by atoms with van der Waals surface area (Å²) in [4.78, 5) is 36.1. The van der Waals surface area contributed by atoms with Gasteiger partial charge in [0.15, 0.2) is 0 Å². The lowest BCUT2D eigenvalue weighted by atomic mass is 10.2. The van der Waals surface area contributed by atoms with Crippen molar-refractivity contribution < 1.29 is 23.9 Å². The van der Waals surface area contributed by atoms with Crippen LogP contribution in [0.2, 0.25) is 0 Å². The van der Waals surface area contributed by atoms with Gasteiger partial charge in [0.1, 0.15) is 0 Å². The van der Waals surface area contributed by atoms with Gasteiger partial charge in [-0.3, -0.25) is 14.4 Å². The lowest BCUT2D eigenvalue weighted by Crippen LogP contribution is -2.46. The van der Waals surface area contributed by atoms with Crippen molar-refractivity contribution in [2.45, 2.75) is 40.0 Å². The van der Waals surface area contributed by atoms with Crippen molar-refractivity contribution in [3.63, 3.8) is 0 Å². The second kappa shape index (κ2) is 7.42. The minimum Gasteiger partial charge on any atom is -0.416 e. The third-order valence-electron chi connectivity index (χ3n) is 2.54. The average molecular weight is 293 g/mol. The van der Waals surface area contributed by atoms with Crippen molar-refractivity contribution >= 4 is 23.5 Å². The van der Waals surface area contributed by atoms with Crippen LogP contribution in [0, 0.1) is 0 Å². The van der Waals surface area contributed by atoms with E-state index in [2.05, 4.69) is 0 Å². The molecule has 0 saturated heterocycles. The number of benzene rings is 1. The smallest absolute Gasteiger partial charge is 0.326 e. The normalized spacial score (nSPS) is 10.4. The number of carbonyl (C=O) groups excluding carboxylic acids is 3. The molecule has 0 radical (unpaired) electrons. The highest BCUT2D eigenvalue weighted by Crippen LogP contribution is 2.19. The number of ether oxygens (including phenoxy) is 2. The van der Waals surface area contributed by atoms with Crippen molar-refractivity contribution in [1.82, 2.24) is 0 Å². The summed E-state index contributed by atoms with van der Waals surface area (Å²) in [5.74, 6) is -2.01. The fourth-order valence-electron chi connectivity index (χ4n) is 1.81. The largest absolute Gasteiger partial charge is 0.416 e. The highest BCUT2D eigenvalue weighted by Gasteiger charge is 2.32. The van der Waals surface area contributed by atoms with Crippen LogP contribution >= 0.6 is 0 Å². The van der Waals surface area contributed by atoms with E-state index in [0.29, 0.717) is 5.69 Å². The van der Waals surface area contributed by atoms with Gasteiger partial charge in [0, 0.05) is 25.6 Å². The third kappa shape index (κ3) is 4.91. The number of hydrogen-bond donors (Lipinski definition) is 0. The van der Waals surface area contributed by atoms with Gasteiger partial charge in [-0.05, 0) is 26.0 Å². The number of nitrogens with zero attached hydrogens (tertiary/aromatic N) is 1. The van der Waals surface area contributed by atoms with E-state index >= 15 is 0 Å². The van der Waals surface area contributed by atoms with Crippen molar-refractivity contribution in [2.75, 3.05) is 4.90 Å². The predicted octanol–water partition coefficient (Wildman–Crippen LogP) is 1.88. The zero-order valence-corrected chi connectivity index (χ0v) is 12.5. The molecule has 0 heterocycles. The summed E-state index contributed by atoms with van der Waals surface area (Å²) in [6, 6.07) is 8.68. The van der Waals surface area contributed by atoms with Crippen molar-refractivity contribution in [3.05, 3.63) is 30.3 Å². The van der Waals surface area contributed by atoms with E-state index in [-0.39, 0.29) is 6.04 Å². The van der Waals surface area contributed by atoms with Crippen molar-refractivity contribution in [2.24, 2.45) is 0 Å². The molecular weight excluding hydrogens is 274 g/mol. The van der Waals surface area contributed by atoms with Gasteiger partial charge in [-0.25, -0.2) is 0 Å². The molecule has 0 unspecified atom stereocenters. The van der Waals surface area contributed by atoms with E-state index in [4.69, 9.17) is 9.47 Å². The summed E-state index contributed by atoms with van der Waals surface area (Å²) in [7, 11) is 0. The van der Waals surface area contributed by atoms with E-state index in [9.17, 15) is 14.4 Å². The first-order valence-corrected chi connectivity index (χ1v) is 6.55. The lowest BCUT2D eigenvalue weighted by Gasteiger charge is -2.29. The summed E-state index contributed by atoms with van der Waals surface area (Å²) in [5.41, 5.74) is 0.627. The van der Waals surface area contributed by atoms with Gasteiger partial charge in [-0.15, -0.1) is 0 Å². The third-order valence-corrected chi connectivity index (χ3v) is 2.54. The quantitative estimate of drug-likeness (QED) is 0.612. The molecule has 0 fully saturated rings. The Morgan fingerprint density at radius 1 is 0.952 bits per heavy atom. The first-order chi connectivity index (χ1) is 9.82. The Morgan fingerprint density at radius 2 is 1.43 bits per heavy atom. The van der Waals surface area contributed by atoms with Gasteiger partial charge < -0.3 is 14.4 Å². The molecule has 0 atom stereocenters. The first-order valence-electron chi connectivity index (χ1n) is 6.55. The topological polar surface area (TPSA) is 72.9 Å². The van der Waals surface area contributed by atoms with Crippen LogP contribution in [0.15, 0.2) is 30.3 Å². The van der Waals surface area contributed by atoms with E-state index < -0.39 is 24.1 Å². The standard InChI is InChI=1S/C15H19NO5/c1-10(2)16(13-8-6-5-7-9-13)14(19)15(20-11(3)17)21-12(4)18/h5-10,15H,1-4H3. The number of anilines is 1. The molecule has 1 amide bonds. The van der Waals surface area contributed by atoms with Crippen LogP contribution in [0.1, 0.15) is 27.7 Å². The molecule has 0 aliphatic heterocycles. The number of esters is 2. The number of amides is 1. The maximum Gasteiger partial charge on any atom is 0.326 e. The molecule has 1 rings (SSSR count). The summed E-state index contributed by atoms with van der Waals surface area (Å²) in [6.45, 7) is 5.91. The van der Waals surface area contributed by atoms with Gasteiger partial charge in [-0.2, -0.15) is 0 Å². The SMILES string of the molecule is CC(=O)OC(OC(C)=O)C(=O)N(c1ccccc1)C(C)C. The first kappa shape index (κ1) is 16.7. The van der Waals surface area contributed by atoms with Crippen LogP contribution in [0.4, 0.5) is 5.69 Å². The Morgan fingerprint density at radius 3 is 1.81 bits per heavy atom. The monoisotopic (exact) mass is 293 g/mol. The van der Waals surface area contributed by atoms with Crippen LogP contribution in [0.5, 0.6) is 0 Å². The lowest BCUT2D eigenvalue weighted by molar-refractivity contribution is -0.189. The van der Waals surface area contributed by atoms with Crippen LogP contribution < -0.4 is 4.90 Å². The zero-order chi connectivity index (χ0) is 16.0. The Kier molecular flexibility index (Phi) is 5.90. The predicted molar refractivity (Wildman–Crippen MR) is 76.4 cm³/mol. The number of para-hydroxylation sites is 1. The maximum atomic E-state index is 12.5. The van der Waals surface area contributed by atoms with E-state index in [1.165, 1.54) is 4.90 Å². The average Bonchev–Trinajstić information content (AvgIpc) is 2.37. The summed E-state index contributed by atoms with van der Waals surface area (Å²) in [6.07, 6.45) is -1.58. The van der Waals surface area contributed by atoms with Gasteiger partial charge in [0.05, 0.1) is 0 Å². The molecule has 1 aromatic rings. The molecule has 0 bridgehead atoms. The Hall–Kier alpha value is -2.37. The molecule has 0 aliphatic rings. The van der Waals surface area contributed by atoms with E-state index in [1.54, 1.807) is 24.3 Å². The Labute approximate surface area is 123 Å². The number of hydrogen-bond acceptors (Lipinski definition) is 5.